The van der Waals surface area contributed by atoms with Crippen LogP contribution in [-0.2, 0) is 23.4 Å². The quantitative estimate of drug-likeness (QED) is 0.476. The smallest absolute Gasteiger partial charge is 0.274 e. The van der Waals surface area contributed by atoms with Gasteiger partial charge in [-0.2, -0.15) is 0 Å². The molecule has 0 spiro atoms. The molecule has 0 bridgehead atoms. The lowest BCUT2D eigenvalue weighted by atomic mass is 10.1. The number of carbonyl (C=O) groups is 1. The number of anilines is 1. The van der Waals surface area contributed by atoms with E-state index in [0.29, 0.717) is 31.0 Å². The number of ether oxygens (including phenoxy) is 1. The van der Waals surface area contributed by atoms with E-state index in [2.05, 4.69) is 0 Å². The second-order valence-electron chi connectivity index (χ2n) is 5.61. The van der Waals surface area contributed by atoms with E-state index in [1.807, 2.05) is 23.1 Å². The summed E-state index contributed by atoms with van der Waals surface area (Å²) in [5.41, 5.74) is 4.30. The van der Waals surface area contributed by atoms with E-state index in [-0.39, 0.29) is 5.75 Å². The van der Waals surface area contributed by atoms with Crippen LogP contribution >= 0.6 is 0 Å². The molecule has 1 atom stereocenters. The molecular formula is C17H17N2O5S-. The zero-order valence-corrected chi connectivity index (χ0v) is 14.1. The highest BCUT2D eigenvalue weighted by Crippen LogP contribution is 2.34. The molecule has 7 nitrogen and oxygen atoms in total. The van der Waals surface area contributed by atoms with Crippen molar-refractivity contribution in [2.24, 2.45) is 0 Å². The first-order valence-electron chi connectivity index (χ1n) is 7.67. The average molecular weight is 361 g/mol. The Balaban J connectivity index is 1.91. The molecule has 0 saturated heterocycles. The van der Waals surface area contributed by atoms with Gasteiger partial charge in [-0.05, 0) is 29.3 Å². The summed E-state index contributed by atoms with van der Waals surface area (Å²) in [7, 11) is 0. The van der Waals surface area contributed by atoms with Crippen LogP contribution in [0.4, 0.5) is 5.69 Å². The highest BCUT2D eigenvalue weighted by molar-refractivity contribution is 7.78. The van der Waals surface area contributed by atoms with Gasteiger partial charge >= 0.3 is 0 Å². The number of nitrogens with zero attached hydrogens (tertiary/aromatic N) is 1. The predicted molar refractivity (Wildman–Crippen MR) is 91.3 cm³/mol. The normalized spacial score (nSPS) is 14.4. The Morgan fingerprint density at radius 2 is 2.04 bits per heavy atom. The molecule has 0 radical (unpaired) electrons. The minimum Gasteiger partial charge on any atom is -0.772 e. The first kappa shape index (κ1) is 17.4. The maximum absolute atomic E-state index is 11.7. The molecule has 1 amide bonds. The number of benzene rings is 2. The second-order valence-corrected chi connectivity index (χ2v) is 6.51. The van der Waals surface area contributed by atoms with Gasteiger partial charge in [0.2, 0.25) is 0 Å². The molecule has 2 aromatic rings. The van der Waals surface area contributed by atoms with E-state index in [9.17, 15) is 13.6 Å². The highest BCUT2D eigenvalue weighted by Gasteiger charge is 2.21. The number of amides is 1. The third-order valence-electron chi connectivity index (χ3n) is 4.04. The molecule has 1 aliphatic heterocycles. The van der Waals surface area contributed by atoms with Gasteiger partial charge in [-0.25, -0.2) is 5.48 Å². The molecule has 1 aliphatic rings. The Morgan fingerprint density at radius 3 is 2.76 bits per heavy atom. The Kier molecular flexibility index (Phi) is 5.32. The predicted octanol–water partition coefficient (Wildman–Crippen LogP) is 1.58. The Labute approximate surface area is 147 Å². The third-order valence-corrected chi connectivity index (χ3v) is 4.58. The first-order chi connectivity index (χ1) is 12.1. The van der Waals surface area contributed by atoms with Crippen molar-refractivity contribution in [2.45, 2.75) is 12.3 Å². The van der Waals surface area contributed by atoms with E-state index < -0.39 is 17.0 Å². The molecule has 2 aromatic carbocycles. The van der Waals surface area contributed by atoms with Crippen LogP contribution in [0.15, 0.2) is 42.5 Å². The van der Waals surface area contributed by atoms with Gasteiger partial charge in [0.1, 0.15) is 12.4 Å². The van der Waals surface area contributed by atoms with Crippen molar-refractivity contribution in [1.82, 2.24) is 5.48 Å². The fraction of sp³-hybridized carbons (Fsp3) is 0.235. The van der Waals surface area contributed by atoms with Crippen LogP contribution in [0.25, 0.3) is 0 Å². The number of nitrogens with one attached hydrogen (secondary N) is 1. The Morgan fingerprint density at radius 1 is 1.28 bits per heavy atom. The van der Waals surface area contributed by atoms with Gasteiger partial charge in [0.25, 0.3) is 5.91 Å². The van der Waals surface area contributed by atoms with Crippen LogP contribution in [-0.4, -0.2) is 33.0 Å². The summed E-state index contributed by atoms with van der Waals surface area (Å²) in [5.74, 6) is 0.00134. The number of hydrogen-bond donors (Lipinski definition) is 2. The molecule has 8 heteroatoms. The average Bonchev–Trinajstić information content (AvgIpc) is 2.62. The lowest BCUT2D eigenvalue weighted by Crippen LogP contribution is -2.33. The fourth-order valence-electron chi connectivity index (χ4n) is 2.83. The van der Waals surface area contributed by atoms with E-state index >= 15 is 0 Å². The first-order valence-corrected chi connectivity index (χ1v) is 8.92. The monoisotopic (exact) mass is 361 g/mol. The van der Waals surface area contributed by atoms with Crippen LogP contribution < -0.4 is 15.1 Å². The molecule has 0 fully saturated rings. The SMILES string of the molecule is O=C(NO)c1ccc2c(c1)N(Cc1ccccc1CS(=O)[O-])CCO2. The molecular weight excluding hydrogens is 344 g/mol. The molecule has 0 aliphatic carbocycles. The van der Waals surface area contributed by atoms with Crippen molar-refractivity contribution < 1.29 is 23.5 Å². The molecule has 132 valence electrons. The summed E-state index contributed by atoms with van der Waals surface area (Å²) in [5, 5.41) is 8.81. The van der Waals surface area contributed by atoms with Crippen LogP contribution in [0.2, 0.25) is 0 Å². The summed E-state index contributed by atoms with van der Waals surface area (Å²) in [6.07, 6.45) is 0. The van der Waals surface area contributed by atoms with Gasteiger partial charge < -0.3 is 14.2 Å². The van der Waals surface area contributed by atoms with Crippen molar-refractivity contribution in [3.05, 3.63) is 59.2 Å². The molecule has 0 aromatic heterocycles. The van der Waals surface area contributed by atoms with Crippen molar-refractivity contribution in [1.29, 1.82) is 0 Å². The summed E-state index contributed by atoms with van der Waals surface area (Å²) < 4.78 is 27.7. The number of hydrogen-bond acceptors (Lipinski definition) is 6. The van der Waals surface area contributed by atoms with E-state index in [1.165, 1.54) is 0 Å². The van der Waals surface area contributed by atoms with Gasteiger partial charge in [-0.3, -0.25) is 14.2 Å². The highest BCUT2D eigenvalue weighted by atomic mass is 32.2. The molecule has 25 heavy (non-hydrogen) atoms. The Bertz CT molecular complexity index is 811. The fourth-order valence-corrected chi connectivity index (χ4v) is 3.36. The molecule has 1 heterocycles. The minimum absolute atomic E-state index is 0.0413. The van der Waals surface area contributed by atoms with Crippen LogP contribution in [0.5, 0.6) is 5.75 Å². The molecule has 3 rings (SSSR count). The summed E-state index contributed by atoms with van der Waals surface area (Å²) in [6, 6.07) is 12.3. The molecule has 2 N–H and O–H groups in total. The Hall–Kier alpha value is -2.42. The molecule has 0 saturated carbocycles. The van der Waals surface area contributed by atoms with Gasteiger partial charge in [0.15, 0.2) is 0 Å². The summed E-state index contributed by atoms with van der Waals surface area (Å²) in [4.78, 5) is 13.7. The van der Waals surface area contributed by atoms with Gasteiger partial charge in [0.05, 0.1) is 12.2 Å². The third kappa shape index (κ3) is 3.98. The maximum atomic E-state index is 11.7. The largest absolute Gasteiger partial charge is 0.772 e. The summed E-state index contributed by atoms with van der Waals surface area (Å²) in [6.45, 7) is 1.59. The van der Waals surface area contributed by atoms with Gasteiger partial charge in [-0.1, -0.05) is 35.3 Å². The van der Waals surface area contributed by atoms with Crippen molar-refractivity contribution >= 4 is 22.7 Å². The number of hydroxylamine groups is 1. The zero-order valence-electron chi connectivity index (χ0n) is 13.3. The van der Waals surface area contributed by atoms with E-state index in [4.69, 9.17) is 9.94 Å². The van der Waals surface area contributed by atoms with E-state index in [1.54, 1.807) is 29.7 Å². The van der Waals surface area contributed by atoms with Crippen LogP contribution in [0.3, 0.4) is 0 Å². The van der Waals surface area contributed by atoms with Gasteiger partial charge in [-0.15, -0.1) is 0 Å². The summed E-state index contributed by atoms with van der Waals surface area (Å²) >= 11 is -2.16. The minimum atomic E-state index is -2.16. The number of carbonyl (C=O) groups excluding carboxylic acids is 1. The van der Waals surface area contributed by atoms with Crippen molar-refractivity contribution in [2.75, 3.05) is 18.1 Å². The lowest BCUT2D eigenvalue weighted by Gasteiger charge is -2.32. The van der Waals surface area contributed by atoms with Gasteiger partial charge in [0, 0.05) is 17.9 Å². The molecule has 1 unspecified atom stereocenters. The number of rotatable bonds is 5. The zero-order chi connectivity index (χ0) is 17.8. The number of fused-ring (bicyclic) bond motifs is 1. The van der Waals surface area contributed by atoms with Crippen LogP contribution in [0, 0.1) is 0 Å². The maximum Gasteiger partial charge on any atom is 0.274 e. The van der Waals surface area contributed by atoms with E-state index in [0.717, 1.165) is 16.8 Å². The van der Waals surface area contributed by atoms with Crippen LogP contribution in [0.1, 0.15) is 21.5 Å². The lowest BCUT2D eigenvalue weighted by molar-refractivity contribution is 0.0706. The second kappa shape index (κ2) is 7.64. The van der Waals surface area contributed by atoms with Crippen molar-refractivity contribution in [3.8, 4) is 5.75 Å². The topological polar surface area (TPSA) is 102 Å². The standard InChI is InChI=1S/C17H18N2O5S/c20-17(18-21)12-5-6-16-15(9-12)19(7-8-24-16)10-13-3-1-2-4-14(13)11-25(22)23/h1-6,9,21H,7-8,10-11H2,(H,18,20)(H,22,23)/p-1. The van der Waals surface area contributed by atoms with Crippen molar-refractivity contribution in [3.63, 3.8) is 0 Å².